The molecule has 0 aliphatic rings. The van der Waals surface area contributed by atoms with E-state index in [0.717, 1.165) is 5.69 Å². The molecular weight excluding hydrogens is 608 g/mol. The number of anilines is 1. The van der Waals surface area contributed by atoms with Crippen molar-refractivity contribution < 1.29 is 33.5 Å². The molecule has 2 atom stereocenters. The Bertz CT molecular complexity index is 1560. The number of methoxy groups -OCH3 is 3. The third-order valence-electron chi connectivity index (χ3n) is 7.36. The molecule has 0 saturated heterocycles. The summed E-state index contributed by atoms with van der Waals surface area (Å²) in [6, 6.07) is 16.4. The van der Waals surface area contributed by atoms with Crippen LogP contribution in [0.5, 0.6) is 11.5 Å². The molecule has 3 aromatic carbocycles. The van der Waals surface area contributed by atoms with Gasteiger partial charge in [-0.1, -0.05) is 13.8 Å². The van der Waals surface area contributed by atoms with Crippen molar-refractivity contribution in [1.29, 1.82) is 0 Å². The smallest absolute Gasteiger partial charge is 0.308 e. The molecule has 14 nitrogen and oxygen atoms in total. The monoisotopic (exact) mass is 648 g/mol. The van der Waals surface area contributed by atoms with Gasteiger partial charge in [0.15, 0.2) is 0 Å². The molecule has 0 aliphatic heterocycles. The maximum Gasteiger partial charge on any atom is 0.308 e. The quantitative estimate of drug-likeness (QED) is 0.0609. The molecule has 0 heterocycles. The van der Waals surface area contributed by atoms with Gasteiger partial charge in [0.1, 0.15) is 29.5 Å². The lowest BCUT2D eigenvalue weighted by atomic mass is 9.94. The Morgan fingerprint density at radius 1 is 0.830 bits per heavy atom. The van der Waals surface area contributed by atoms with Crippen molar-refractivity contribution >= 4 is 46.1 Å². The molecule has 47 heavy (non-hydrogen) atoms. The van der Waals surface area contributed by atoms with Crippen LogP contribution in [0, 0.1) is 22.0 Å². The van der Waals surface area contributed by atoms with Gasteiger partial charge in [0.05, 0.1) is 56.0 Å². The number of non-ortho nitro benzene ring substituents is 1. The van der Waals surface area contributed by atoms with Gasteiger partial charge in [0.2, 0.25) is 0 Å². The summed E-state index contributed by atoms with van der Waals surface area (Å²) in [5.74, 6) is -0.638. The average molecular weight is 649 g/mol. The molecule has 2 unspecified atom stereocenters. The number of likely N-dealkylation sites (N-methyl/N-ethyl adjacent to an activating group) is 1. The van der Waals surface area contributed by atoms with Crippen molar-refractivity contribution in [2.75, 3.05) is 45.9 Å². The van der Waals surface area contributed by atoms with Gasteiger partial charge in [-0.25, -0.2) is 0 Å². The lowest BCUT2D eigenvalue weighted by Gasteiger charge is -2.23. The second-order valence-electron chi connectivity index (χ2n) is 10.4. The van der Waals surface area contributed by atoms with Gasteiger partial charge in [0.25, 0.3) is 5.69 Å². The van der Waals surface area contributed by atoms with E-state index >= 15 is 0 Å². The third-order valence-corrected chi connectivity index (χ3v) is 7.36. The van der Waals surface area contributed by atoms with Crippen molar-refractivity contribution in [3.8, 4) is 11.5 Å². The molecule has 0 bridgehead atoms. The lowest BCUT2D eigenvalue weighted by molar-refractivity contribution is -0.384. The van der Waals surface area contributed by atoms with Crippen LogP contribution in [0.1, 0.15) is 33.6 Å². The summed E-state index contributed by atoms with van der Waals surface area (Å²) < 4.78 is 21.3. The Balaban J connectivity index is 1.63. The van der Waals surface area contributed by atoms with E-state index < -0.39 is 10.8 Å². The molecular formula is C33H40N6O8. The largest absolute Gasteiger partial charge is 0.494 e. The number of ether oxygens (including phenoxy) is 4. The molecule has 0 N–H and O–H groups in total. The van der Waals surface area contributed by atoms with Gasteiger partial charge < -0.3 is 23.8 Å². The number of esters is 2. The number of nitro groups is 1. The number of nitrogens with zero attached hydrogens (tertiary/aromatic N) is 6. The summed E-state index contributed by atoms with van der Waals surface area (Å²) in [6.45, 7) is 7.05. The molecule has 3 aromatic rings. The molecule has 0 amide bonds. The van der Waals surface area contributed by atoms with E-state index in [1.807, 2.05) is 38.1 Å². The van der Waals surface area contributed by atoms with Crippen LogP contribution in [0.15, 0.2) is 81.1 Å². The molecule has 0 spiro atoms. The first kappa shape index (κ1) is 36.1. The number of hydrogen-bond acceptors (Lipinski definition) is 13. The number of benzene rings is 3. The molecule has 0 saturated carbocycles. The topological polar surface area (TPSA) is 167 Å². The predicted octanol–water partition coefficient (Wildman–Crippen LogP) is 8.04. The highest BCUT2D eigenvalue weighted by Gasteiger charge is 2.25. The second kappa shape index (κ2) is 17.9. The number of rotatable bonds is 17. The molecule has 14 heteroatoms. The fraction of sp³-hybridized carbons (Fsp3) is 0.394. The van der Waals surface area contributed by atoms with Crippen LogP contribution in [0.4, 0.5) is 34.1 Å². The van der Waals surface area contributed by atoms with Gasteiger partial charge in [-0.05, 0) is 56.2 Å². The van der Waals surface area contributed by atoms with Crippen molar-refractivity contribution in [1.82, 2.24) is 0 Å². The van der Waals surface area contributed by atoms with Crippen LogP contribution >= 0.6 is 0 Å². The van der Waals surface area contributed by atoms with Crippen molar-refractivity contribution in [2.45, 2.75) is 33.6 Å². The molecule has 0 aliphatic carbocycles. The van der Waals surface area contributed by atoms with E-state index in [1.54, 1.807) is 19.1 Å². The highest BCUT2D eigenvalue weighted by Crippen LogP contribution is 2.41. The number of nitro benzene ring substituents is 1. The van der Waals surface area contributed by atoms with Crippen LogP contribution in [0.25, 0.3) is 0 Å². The minimum absolute atomic E-state index is 0.0425. The molecule has 0 aromatic heterocycles. The Kier molecular flexibility index (Phi) is 13.8. The molecule has 0 radical (unpaired) electrons. The zero-order valence-electron chi connectivity index (χ0n) is 27.4. The number of carbonyl (C=O) groups excluding carboxylic acids is 2. The van der Waals surface area contributed by atoms with Gasteiger partial charge in [-0.3, -0.25) is 19.7 Å². The third kappa shape index (κ3) is 10.3. The van der Waals surface area contributed by atoms with Crippen LogP contribution in [-0.4, -0.2) is 57.9 Å². The molecule has 250 valence electrons. The fourth-order valence-electron chi connectivity index (χ4n) is 4.60. The second-order valence-corrected chi connectivity index (χ2v) is 10.4. The Morgan fingerprint density at radius 3 is 1.81 bits per heavy atom. The zero-order valence-corrected chi connectivity index (χ0v) is 27.4. The summed E-state index contributed by atoms with van der Waals surface area (Å²) in [5.41, 5.74) is 2.69. The van der Waals surface area contributed by atoms with Crippen LogP contribution in [0.2, 0.25) is 0 Å². The van der Waals surface area contributed by atoms with Crippen molar-refractivity contribution in [2.24, 2.45) is 32.3 Å². The molecule has 3 rings (SSSR count). The fourth-order valence-corrected chi connectivity index (χ4v) is 4.60. The van der Waals surface area contributed by atoms with Gasteiger partial charge in [0, 0.05) is 36.5 Å². The number of azo groups is 2. The van der Waals surface area contributed by atoms with Crippen LogP contribution < -0.4 is 14.4 Å². The Morgan fingerprint density at radius 2 is 1.36 bits per heavy atom. The Labute approximate surface area is 273 Å². The van der Waals surface area contributed by atoms with E-state index in [-0.39, 0.29) is 30.2 Å². The van der Waals surface area contributed by atoms with E-state index in [2.05, 4.69) is 25.4 Å². The molecule has 0 fully saturated rings. The maximum absolute atomic E-state index is 12.5. The number of hydrogen-bond donors (Lipinski definition) is 0. The first-order valence-corrected chi connectivity index (χ1v) is 15.1. The van der Waals surface area contributed by atoms with Crippen molar-refractivity contribution in [3.05, 3.63) is 70.8 Å². The normalized spacial score (nSPS) is 12.5. The summed E-state index contributed by atoms with van der Waals surface area (Å²) in [7, 11) is 4.33. The lowest BCUT2D eigenvalue weighted by Crippen LogP contribution is -2.29. The first-order chi connectivity index (χ1) is 22.6. The number of carbonyl (C=O) groups is 2. The van der Waals surface area contributed by atoms with Crippen LogP contribution in [-0.2, 0) is 19.1 Å². The zero-order chi connectivity index (χ0) is 34.3. The summed E-state index contributed by atoms with van der Waals surface area (Å²) in [6.07, 6.45) is 0.978. The summed E-state index contributed by atoms with van der Waals surface area (Å²) in [4.78, 5) is 36.8. The summed E-state index contributed by atoms with van der Waals surface area (Å²) in [5, 5.41) is 27.9. The first-order valence-electron chi connectivity index (χ1n) is 15.1. The highest BCUT2D eigenvalue weighted by molar-refractivity contribution is 5.75. The van der Waals surface area contributed by atoms with E-state index in [9.17, 15) is 19.7 Å². The average Bonchev–Trinajstić information content (AvgIpc) is 3.10. The minimum Gasteiger partial charge on any atom is -0.494 e. The predicted molar refractivity (Wildman–Crippen MR) is 176 cm³/mol. The van der Waals surface area contributed by atoms with E-state index in [0.29, 0.717) is 60.2 Å². The summed E-state index contributed by atoms with van der Waals surface area (Å²) >= 11 is 0. The van der Waals surface area contributed by atoms with Crippen molar-refractivity contribution in [3.63, 3.8) is 0 Å². The standard InChI is InChI=1S/C33H40N6O8/c1-7-23(33(41)46-6)19-22(3)32(40)47-18-17-38(8-2)26-13-9-24(10-14-26)34-36-28-20-31(45-5)29(21-30(28)44-4)37-35-25-11-15-27(16-12-25)39(42)43/h9-16,20-23H,7-8,17-19H2,1-6H3. The highest BCUT2D eigenvalue weighted by atomic mass is 16.6. The van der Waals surface area contributed by atoms with Gasteiger partial charge >= 0.3 is 11.9 Å². The minimum atomic E-state index is -0.486. The Hall–Kier alpha value is -5.40. The maximum atomic E-state index is 12.5. The van der Waals surface area contributed by atoms with Gasteiger partial charge in [-0.15, -0.1) is 10.2 Å². The van der Waals surface area contributed by atoms with Crippen LogP contribution in [0.3, 0.4) is 0 Å². The van der Waals surface area contributed by atoms with E-state index in [1.165, 1.54) is 45.6 Å². The van der Waals surface area contributed by atoms with E-state index in [4.69, 9.17) is 18.9 Å². The SMILES string of the molecule is CCC(CC(C)C(=O)OCCN(CC)c1ccc(N=Nc2cc(OC)c(N=Nc3ccc([N+](=O)[O-])cc3)cc2OC)cc1)C(=O)OC. The van der Waals surface area contributed by atoms with Gasteiger partial charge in [-0.2, -0.15) is 10.2 Å².